The fourth-order valence-electron chi connectivity index (χ4n) is 3.47. The Bertz CT molecular complexity index is 681. The molecule has 1 heterocycles. The van der Waals surface area contributed by atoms with E-state index in [0.717, 1.165) is 26.2 Å². The minimum Gasteiger partial charge on any atom is -0.369 e. The lowest BCUT2D eigenvalue weighted by molar-refractivity contribution is -0.126. The smallest absolute Gasteiger partial charge is 0.237 e. The average molecular weight is 351 g/mol. The van der Waals surface area contributed by atoms with Crippen LogP contribution < -0.4 is 10.2 Å². The van der Waals surface area contributed by atoms with Crippen LogP contribution in [0.4, 0.5) is 5.69 Å². The number of hydrogen-bond donors (Lipinski definition) is 1. The molecule has 0 aliphatic carbocycles. The predicted octanol–water partition coefficient (Wildman–Crippen LogP) is 3.12. The third-order valence-electron chi connectivity index (χ3n) is 5.31. The number of para-hydroxylation sites is 1. The van der Waals surface area contributed by atoms with Crippen molar-refractivity contribution in [2.45, 2.75) is 25.8 Å². The third kappa shape index (κ3) is 4.64. The van der Waals surface area contributed by atoms with E-state index in [1.807, 2.05) is 31.2 Å². The molecule has 1 amide bonds. The minimum absolute atomic E-state index is 0.0871. The lowest BCUT2D eigenvalue weighted by Gasteiger charge is -2.38. The summed E-state index contributed by atoms with van der Waals surface area (Å²) in [5, 5.41) is 3.13. The Morgan fingerprint density at radius 2 is 1.50 bits per heavy atom. The van der Waals surface area contributed by atoms with Gasteiger partial charge >= 0.3 is 0 Å². The van der Waals surface area contributed by atoms with Crippen LogP contribution in [-0.2, 0) is 4.79 Å². The van der Waals surface area contributed by atoms with Crippen molar-refractivity contribution in [2.75, 3.05) is 37.6 Å². The fourth-order valence-corrected chi connectivity index (χ4v) is 3.47. The van der Waals surface area contributed by atoms with Crippen molar-refractivity contribution >= 4 is 11.6 Å². The molecule has 0 radical (unpaired) electrons. The maximum absolute atomic E-state index is 12.6. The van der Waals surface area contributed by atoms with Gasteiger partial charge < -0.3 is 10.2 Å². The van der Waals surface area contributed by atoms with Gasteiger partial charge in [-0.1, -0.05) is 55.5 Å². The summed E-state index contributed by atoms with van der Waals surface area (Å²) >= 11 is 0. The molecule has 0 aromatic heterocycles. The van der Waals surface area contributed by atoms with Gasteiger partial charge in [0, 0.05) is 38.4 Å². The van der Waals surface area contributed by atoms with Crippen LogP contribution in [0.25, 0.3) is 0 Å². The number of piperazine rings is 1. The summed E-state index contributed by atoms with van der Waals surface area (Å²) in [4.78, 5) is 17.2. The number of anilines is 1. The first-order valence-electron chi connectivity index (χ1n) is 9.52. The highest BCUT2D eigenvalue weighted by atomic mass is 16.2. The van der Waals surface area contributed by atoms with Crippen LogP contribution in [0.2, 0.25) is 0 Å². The van der Waals surface area contributed by atoms with E-state index in [2.05, 4.69) is 58.4 Å². The summed E-state index contributed by atoms with van der Waals surface area (Å²) < 4.78 is 0. The number of amides is 1. The number of carbonyl (C=O) groups excluding carboxylic acids is 1. The summed E-state index contributed by atoms with van der Waals surface area (Å²) in [5.74, 6) is 0.447. The number of nitrogens with zero attached hydrogens (tertiary/aromatic N) is 2. The van der Waals surface area contributed by atoms with Crippen molar-refractivity contribution < 1.29 is 4.79 Å². The van der Waals surface area contributed by atoms with Gasteiger partial charge in [0.25, 0.3) is 0 Å². The maximum atomic E-state index is 12.6. The molecule has 1 aliphatic rings. The fraction of sp³-hybridized carbons (Fsp3) is 0.409. The quantitative estimate of drug-likeness (QED) is 0.869. The Hall–Kier alpha value is -2.33. The van der Waals surface area contributed by atoms with E-state index in [1.54, 1.807) is 0 Å². The first kappa shape index (κ1) is 18.5. The van der Waals surface area contributed by atoms with E-state index in [1.165, 1.54) is 11.3 Å². The molecular weight excluding hydrogens is 322 g/mol. The number of nitrogens with one attached hydrogen (secondary N) is 1. The summed E-state index contributed by atoms with van der Waals surface area (Å²) in [6.07, 6.45) is 0. The molecule has 138 valence electrons. The average Bonchev–Trinajstić information content (AvgIpc) is 2.72. The second-order valence-electron chi connectivity index (χ2n) is 7.09. The van der Waals surface area contributed by atoms with E-state index in [0.29, 0.717) is 12.5 Å². The second-order valence-corrected chi connectivity index (χ2v) is 7.09. The first-order chi connectivity index (χ1) is 12.6. The largest absolute Gasteiger partial charge is 0.369 e. The molecule has 3 rings (SSSR count). The van der Waals surface area contributed by atoms with Gasteiger partial charge in [-0.3, -0.25) is 9.69 Å². The molecule has 26 heavy (non-hydrogen) atoms. The van der Waals surface area contributed by atoms with E-state index in [9.17, 15) is 4.79 Å². The molecule has 0 saturated carbocycles. The Balaban J connectivity index is 1.46. The molecule has 2 atom stereocenters. The maximum Gasteiger partial charge on any atom is 0.237 e. The molecule has 2 aromatic carbocycles. The Morgan fingerprint density at radius 1 is 0.923 bits per heavy atom. The number of hydrogen-bond acceptors (Lipinski definition) is 3. The van der Waals surface area contributed by atoms with E-state index in [4.69, 9.17) is 0 Å². The van der Waals surface area contributed by atoms with Crippen LogP contribution in [0.3, 0.4) is 0 Å². The highest BCUT2D eigenvalue weighted by molar-refractivity contribution is 5.81. The molecule has 1 N–H and O–H groups in total. The highest BCUT2D eigenvalue weighted by Gasteiger charge is 2.25. The van der Waals surface area contributed by atoms with Crippen molar-refractivity contribution in [3.63, 3.8) is 0 Å². The standard InChI is InChI=1S/C22H29N3O/c1-18(20-9-5-3-6-10-20)17-23-22(26)19(2)24-13-15-25(16-14-24)21-11-7-4-8-12-21/h3-12,18-19H,13-17H2,1-2H3,(H,23,26). The molecule has 1 saturated heterocycles. The van der Waals surface area contributed by atoms with E-state index in [-0.39, 0.29) is 11.9 Å². The van der Waals surface area contributed by atoms with Gasteiger partial charge in [0.15, 0.2) is 0 Å². The predicted molar refractivity (Wildman–Crippen MR) is 108 cm³/mol. The zero-order valence-electron chi connectivity index (χ0n) is 15.8. The molecule has 4 heteroatoms. The monoisotopic (exact) mass is 351 g/mol. The van der Waals surface area contributed by atoms with Gasteiger partial charge in [-0.2, -0.15) is 0 Å². The number of benzene rings is 2. The van der Waals surface area contributed by atoms with Crippen molar-refractivity contribution in [3.8, 4) is 0 Å². The lowest BCUT2D eigenvalue weighted by Crippen LogP contribution is -2.54. The van der Waals surface area contributed by atoms with Crippen LogP contribution in [0.5, 0.6) is 0 Å². The molecule has 4 nitrogen and oxygen atoms in total. The molecule has 0 spiro atoms. The Kier molecular flexibility index (Phi) is 6.29. The highest BCUT2D eigenvalue weighted by Crippen LogP contribution is 2.17. The Labute approximate surface area is 156 Å². The van der Waals surface area contributed by atoms with Crippen molar-refractivity contribution in [1.82, 2.24) is 10.2 Å². The summed E-state index contributed by atoms with van der Waals surface area (Å²) in [6.45, 7) is 8.59. The van der Waals surface area contributed by atoms with Crippen LogP contribution in [0, 0.1) is 0 Å². The molecule has 0 bridgehead atoms. The zero-order valence-corrected chi connectivity index (χ0v) is 15.8. The lowest BCUT2D eigenvalue weighted by atomic mass is 10.0. The zero-order chi connectivity index (χ0) is 18.4. The van der Waals surface area contributed by atoms with E-state index >= 15 is 0 Å². The van der Waals surface area contributed by atoms with Gasteiger partial charge in [0.1, 0.15) is 0 Å². The Morgan fingerprint density at radius 3 is 2.12 bits per heavy atom. The summed E-state index contributed by atoms with van der Waals surface area (Å²) in [7, 11) is 0. The van der Waals surface area contributed by atoms with Crippen molar-refractivity contribution in [2.24, 2.45) is 0 Å². The topological polar surface area (TPSA) is 35.6 Å². The SMILES string of the molecule is CC(CNC(=O)C(C)N1CCN(c2ccccc2)CC1)c1ccccc1. The van der Waals surface area contributed by atoms with Crippen LogP contribution in [0.15, 0.2) is 60.7 Å². The first-order valence-corrected chi connectivity index (χ1v) is 9.52. The van der Waals surface area contributed by atoms with E-state index < -0.39 is 0 Å². The molecule has 1 aliphatic heterocycles. The van der Waals surface area contributed by atoms with Gasteiger partial charge in [0.2, 0.25) is 5.91 Å². The van der Waals surface area contributed by atoms with Gasteiger partial charge in [-0.05, 0) is 30.5 Å². The number of rotatable bonds is 6. The van der Waals surface area contributed by atoms with Gasteiger partial charge in [-0.15, -0.1) is 0 Å². The van der Waals surface area contributed by atoms with Crippen molar-refractivity contribution in [3.05, 3.63) is 66.2 Å². The number of carbonyl (C=O) groups is 1. The molecule has 2 unspecified atom stereocenters. The van der Waals surface area contributed by atoms with Crippen LogP contribution in [0.1, 0.15) is 25.3 Å². The molecular formula is C22H29N3O. The van der Waals surface area contributed by atoms with Gasteiger partial charge in [-0.25, -0.2) is 0 Å². The molecule has 2 aromatic rings. The normalized spacial score (nSPS) is 17.5. The van der Waals surface area contributed by atoms with Crippen LogP contribution >= 0.6 is 0 Å². The summed E-state index contributed by atoms with van der Waals surface area (Å²) in [6, 6.07) is 20.7. The van der Waals surface area contributed by atoms with Crippen LogP contribution in [-0.4, -0.2) is 49.6 Å². The van der Waals surface area contributed by atoms with Gasteiger partial charge in [0.05, 0.1) is 6.04 Å². The van der Waals surface area contributed by atoms with Crippen molar-refractivity contribution in [1.29, 1.82) is 0 Å². The summed E-state index contributed by atoms with van der Waals surface area (Å²) in [5.41, 5.74) is 2.53. The minimum atomic E-state index is -0.0871. The molecule has 1 fully saturated rings. The third-order valence-corrected chi connectivity index (χ3v) is 5.31. The second kappa shape index (κ2) is 8.86.